The molecule has 1 N–H and O–H groups in total. The number of carbonyl (C=O) groups excluding carboxylic acids is 2. The number of rotatable bonds is 7. The number of amides is 2. The molecule has 5 rings (SSSR count). The first kappa shape index (κ1) is 24.4. The Hall–Kier alpha value is -3.25. The highest BCUT2D eigenvalue weighted by Crippen LogP contribution is 2.36. The molecule has 0 unspecified atom stereocenters. The van der Waals surface area contributed by atoms with Crippen molar-refractivity contribution in [3.05, 3.63) is 63.5 Å². The van der Waals surface area contributed by atoms with Crippen molar-refractivity contribution in [3.8, 4) is 10.4 Å². The molecule has 0 aliphatic heterocycles. The first-order valence-corrected chi connectivity index (χ1v) is 13.0. The molecule has 36 heavy (non-hydrogen) atoms. The SMILES string of the molecule is Cc1nc(C(=O)N(CCNC(=O)c2c(C)nc3sccn23)C2CC2)c(-c2ccc(C(F)(F)F)cc2)s1. The number of nitrogens with one attached hydrogen (secondary N) is 1. The summed E-state index contributed by atoms with van der Waals surface area (Å²) >= 11 is 2.71. The normalized spacial score (nSPS) is 13.8. The van der Waals surface area contributed by atoms with Gasteiger partial charge in [0.2, 0.25) is 0 Å². The smallest absolute Gasteiger partial charge is 0.349 e. The number of benzene rings is 1. The minimum absolute atomic E-state index is 0.0529. The average molecular weight is 534 g/mol. The number of carbonyl (C=O) groups is 2. The molecular formula is C24H22F3N5O2S2. The molecular weight excluding hydrogens is 511 g/mol. The number of fused-ring (bicyclic) bond motifs is 1. The van der Waals surface area contributed by atoms with Crippen molar-refractivity contribution in [2.24, 2.45) is 0 Å². The van der Waals surface area contributed by atoms with E-state index in [0.29, 0.717) is 33.4 Å². The zero-order valence-electron chi connectivity index (χ0n) is 19.4. The van der Waals surface area contributed by atoms with Crippen LogP contribution in [0.1, 0.15) is 50.1 Å². The van der Waals surface area contributed by atoms with E-state index in [-0.39, 0.29) is 30.1 Å². The van der Waals surface area contributed by atoms with E-state index in [9.17, 15) is 22.8 Å². The van der Waals surface area contributed by atoms with Crippen LogP contribution in [-0.2, 0) is 6.18 Å². The van der Waals surface area contributed by atoms with Crippen LogP contribution in [0, 0.1) is 13.8 Å². The standard InChI is InChI=1S/C24H22F3N5O2S2/c1-13-19(32-11-12-35-23(32)29-13)21(33)28-9-10-31(17-7-8-17)22(34)18-20(36-14(2)30-18)15-3-5-16(6-4-15)24(25,26)27/h3-6,11-12,17H,7-10H2,1-2H3,(H,28,33). The Balaban J connectivity index is 1.32. The van der Waals surface area contributed by atoms with Crippen LogP contribution in [0.15, 0.2) is 35.8 Å². The highest BCUT2D eigenvalue weighted by atomic mass is 32.1. The lowest BCUT2D eigenvalue weighted by molar-refractivity contribution is -0.137. The third kappa shape index (κ3) is 4.74. The van der Waals surface area contributed by atoms with Gasteiger partial charge in [-0.1, -0.05) is 12.1 Å². The molecule has 12 heteroatoms. The maximum atomic E-state index is 13.5. The van der Waals surface area contributed by atoms with E-state index < -0.39 is 11.7 Å². The number of thiazole rings is 2. The van der Waals surface area contributed by atoms with E-state index in [1.807, 2.05) is 5.38 Å². The number of imidazole rings is 1. The molecule has 3 aromatic heterocycles. The second-order valence-corrected chi connectivity index (χ2v) is 10.6. The van der Waals surface area contributed by atoms with Crippen molar-refractivity contribution in [1.82, 2.24) is 24.6 Å². The summed E-state index contributed by atoms with van der Waals surface area (Å²) in [6.07, 6.45) is -0.924. The van der Waals surface area contributed by atoms with Gasteiger partial charge in [-0.2, -0.15) is 13.2 Å². The van der Waals surface area contributed by atoms with E-state index >= 15 is 0 Å². The number of hydrogen-bond donors (Lipinski definition) is 1. The number of hydrogen-bond acceptors (Lipinski definition) is 6. The van der Waals surface area contributed by atoms with E-state index in [0.717, 1.165) is 29.9 Å². The van der Waals surface area contributed by atoms with Gasteiger partial charge in [-0.15, -0.1) is 22.7 Å². The van der Waals surface area contributed by atoms with Gasteiger partial charge in [-0.05, 0) is 44.4 Å². The summed E-state index contributed by atoms with van der Waals surface area (Å²) in [6.45, 7) is 4.08. The summed E-state index contributed by atoms with van der Waals surface area (Å²) in [5, 5.41) is 5.39. The Labute approximate surface area is 212 Å². The first-order valence-electron chi connectivity index (χ1n) is 11.3. The fourth-order valence-corrected chi connectivity index (χ4v) is 5.77. The summed E-state index contributed by atoms with van der Waals surface area (Å²) in [7, 11) is 0. The van der Waals surface area contributed by atoms with Gasteiger partial charge < -0.3 is 10.2 Å². The zero-order valence-corrected chi connectivity index (χ0v) is 21.1. The molecule has 0 bridgehead atoms. The number of aryl methyl sites for hydroxylation is 2. The minimum Gasteiger partial charge on any atom is -0.349 e. The molecule has 1 fully saturated rings. The largest absolute Gasteiger partial charge is 0.416 e. The Kier molecular flexibility index (Phi) is 6.33. The number of nitrogens with zero attached hydrogens (tertiary/aromatic N) is 4. The topological polar surface area (TPSA) is 79.6 Å². The zero-order chi connectivity index (χ0) is 25.6. The predicted molar refractivity (Wildman–Crippen MR) is 131 cm³/mol. The maximum absolute atomic E-state index is 13.5. The monoisotopic (exact) mass is 533 g/mol. The number of alkyl halides is 3. The molecule has 4 aromatic rings. The van der Waals surface area contributed by atoms with E-state index in [2.05, 4.69) is 15.3 Å². The Morgan fingerprint density at radius 1 is 1.17 bits per heavy atom. The van der Waals surface area contributed by atoms with Crippen LogP contribution in [0.2, 0.25) is 0 Å². The van der Waals surface area contributed by atoms with Crippen LogP contribution in [0.3, 0.4) is 0 Å². The molecule has 2 amide bonds. The van der Waals surface area contributed by atoms with Gasteiger partial charge in [0.25, 0.3) is 11.8 Å². The van der Waals surface area contributed by atoms with E-state index in [1.165, 1.54) is 34.8 Å². The van der Waals surface area contributed by atoms with Crippen LogP contribution >= 0.6 is 22.7 Å². The van der Waals surface area contributed by atoms with Gasteiger partial charge in [-0.25, -0.2) is 9.97 Å². The van der Waals surface area contributed by atoms with Crippen molar-refractivity contribution >= 4 is 39.4 Å². The van der Waals surface area contributed by atoms with Gasteiger partial charge in [0, 0.05) is 30.7 Å². The third-order valence-electron chi connectivity index (χ3n) is 5.95. The Morgan fingerprint density at radius 2 is 1.89 bits per heavy atom. The van der Waals surface area contributed by atoms with E-state index in [4.69, 9.17) is 0 Å². The van der Waals surface area contributed by atoms with Gasteiger partial charge in [0.05, 0.1) is 21.1 Å². The molecule has 1 aromatic carbocycles. The molecule has 1 saturated carbocycles. The lowest BCUT2D eigenvalue weighted by atomic mass is 10.1. The predicted octanol–water partition coefficient (Wildman–Crippen LogP) is 5.19. The second kappa shape index (κ2) is 9.32. The first-order chi connectivity index (χ1) is 17.1. The number of halogens is 3. The van der Waals surface area contributed by atoms with Crippen molar-refractivity contribution in [2.45, 2.75) is 38.9 Å². The molecule has 7 nitrogen and oxygen atoms in total. The molecule has 0 radical (unpaired) electrons. The molecule has 1 aliphatic carbocycles. The molecule has 0 saturated heterocycles. The highest BCUT2D eigenvalue weighted by Gasteiger charge is 2.35. The van der Waals surface area contributed by atoms with Crippen LogP contribution in [-0.4, -0.2) is 50.2 Å². The van der Waals surface area contributed by atoms with Gasteiger partial charge in [-0.3, -0.25) is 14.0 Å². The van der Waals surface area contributed by atoms with Crippen molar-refractivity contribution < 1.29 is 22.8 Å². The van der Waals surface area contributed by atoms with Crippen molar-refractivity contribution in [2.75, 3.05) is 13.1 Å². The Bertz CT molecular complexity index is 1430. The van der Waals surface area contributed by atoms with Crippen LogP contribution < -0.4 is 5.32 Å². The van der Waals surface area contributed by atoms with Gasteiger partial charge in [0.15, 0.2) is 4.96 Å². The lowest BCUT2D eigenvalue weighted by Gasteiger charge is -2.22. The van der Waals surface area contributed by atoms with Crippen molar-refractivity contribution in [3.63, 3.8) is 0 Å². The third-order valence-corrected chi connectivity index (χ3v) is 7.73. The summed E-state index contributed by atoms with van der Waals surface area (Å²) < 4.78 is 40.7. The second-order valence-electron chi connectivity index (χ2n) is 8.57. The summed E-state index contributed by atoms with van der Waals surface area (Å²) in [4.78, 5) is 38.1. The van der Waals surface area contributed by atoms with Crippen molar-refractivity contribution in [1.29, 1.82) is 0 Å². The Morgan fingerprint density at radius 3 is 2.56 bits per heavy atom. The molecule has 0 spiro atoms. The summed E-state index contributed by atoms with van der Waals surface area (Å²) in [6, 6.07) is 4.81. The molecule has 3 heterocycles. The van der Waals surface area contributed by atoms with Crippen LogP contribution in [0.5, 0.6) is 0 Å². The average Bonchev–Trinajstić information content (AvgIpc) is 3.31. The lowest BCUT2D eigenvalue weighted by Crippen LogP contribution is -2.40. The molecule has 0 atom stereocenters. The number of aromatic nitrogens is 3. The summed E-state index contributed by atoms with van der Waals surface area (Å²) in [5.74, 6) is -0.553. The quantitative estimate of drug-likeness (QED) is 0.355. The molecule has 1 aliphatic rings. The molecule has 188 valence electrons. The highest BCUT2D eigenvalue weighted by molar-refractivity contribution is 7.15. The fraction of sp³-hybridized carbons (Fsp3) is 0.333. The van der Waals surface area contributed by atoms with Gasteiger partial charge in [0.1, 0.15) is 11.4 Å². The minimum atomic E-state index is -4.43. The van der Waals surface area contributed by atoms with E-state index in [1.54, 1.807) is 29.3 Å². The van der Waals surface area contributed by atoms with Crippen LogP contribution in [0.4, 0.5) is 13.2 Å². The summed E-state index contributed by atoms with van der Waals surface area (Å²) in [5.41, 5.74) is 1.09. The van der Waals surface area contributed by atoms with Crippen LogP contribution in [0.25, 0.3) is 15.4 Å². The fourth-order valence-electron chi connectivity index (χ4n) is 4.09. The maximum Gasteiger partial charge on any atom is 0.416 e. The van der Waals surface area contributed by atoms with Gasteiger partial charge >= 0.3 is 6.18 Å².